The summed E-state index contributed by atoms with van der Waals surface area (Å²) in [6.07, 6.45) is 5.34. The van der Waals surface area contributed by atoms with Crippen molar-refractivity contribution in [3.8, 4) is 0 Å². The van der Waals surface area contributed by atoms with Gasteiger partial charge in [0.05, 0.1) is 5.41 Å². The fourth-order valence-electron chi connectivity index (χ4n) is 3.31. The second-order valence-electron chi connectivity index (χ2n) is 5.88. The van der Waals surface area contributed by atoms with Crippen molar-refractivity contribution in [2.45, 2.75) is 46.0 Å². The highest BCUT2D eigenvalue weighted by Gasteiger charge is 2.41. The highest BCUT2D eigenvalue weighted by Crippen LogP contribution is 2.38. The minimum Gasteiger partial charge on any atom is -0.329 e. The molecule has 3 nitrogen and oxygen atoms in total. The topological polar surface area (TPSA) is 46.3 Å². The normalized spacial score (nSPS) is 17.8. The van der Waals surface area contributed by atoms with E-state index in [9.17, 15) is 4.79 Å². The second kappa shape index (κ2) is 6.40. The van der Waals surface area contributed by atoms with E-state index in [4.69, 9.17) is 5.73 Å². The summed E-state index contributed by atoms with van der Waals surface area (Å²) >= 11 is 0. The van der Waals surface area contributed by atoms with Crippen molar-refractivity contribution >= 4 is 11.6 Å². The fourth-order valence-corrected chi connectivity index (χ4v) is 3.31. The molecule has 1 amide bonds. The lowest BCUT2D eigenvalue weighted by Gasteiger charge is -2.39. The summed E-state index contributed by atoms with van der Waals surface area (Å²) in [5.74, 6) is 0.219. The summed E-state index contributed by atoms with van der Waals surface area (Å²) in [4.78, 5) is 15.0. The number of carbonyl (C=O) groups is 1. The Morgan fingerprint density at radius 2 is 1.90 bits per heavy atom. The van der Waals surface area contributed by atoms with Crippen LogP contribution >= 0.6 is 0 Å². The smallest absolute Gasteiger partial charge is 0.234 e. The maximum absolute atomic E-state index is 13.1. The molecule has 0 bridgehead atoms. The van der Waals surface area contributed by atoms with Crippen LogP contribution in [0.15, 0.2) is 24.3 Å². The number of para-hydroxylation sites is 1. The van der Waals surface area contributed by atoms with Crippen LogP contribution in [-0.4, -0.2) is 19.0 Å². The van der Waals surface area contributed by atoms with Crippen LogP contribution in [0.1, 0.15) is 44.6 Å². The van der Waals surface area contributed by atoms with E-state index < -0.39 is 0 Å². The van der Waals surface area contributed by atoms with Crippen molar-refractivity contribution in [3.05, 3.63) is 29.8 Å². The van der Waals surface area contributed by atoms with Gasteiger partial charge in [-0.1, -0.05) is 37.5 Å². The van der Waals surface area contributed by atoms with Gasteiger partial charge >= 0.3 is 0 Å². The standard InChI is InChI=1S/C17H26N2O/c1-3-19(15-10-6-5-9-14(15)2)16(20)17(13-18)11-7-4-8-12-17/h5-6,9-10H,3-4,7-8,11-13,18H2,1-2H3. The molecule has 0 atom stereocenters. The molecule has 0 unspecified atom stereocenters. The lowest BCUT2D eigenvalue weighted by atomic mass is 9.73. The van der Waals surface area contributed by atoms with Gasteiger partial charge in [0.1, 0.15) is 0 Å². The van der Waals surface area contributed by atoms with Crippen molar-refractivity contribution < 1.29 is 4.79 Å². The molecule has 0 heterocycles. The third kappa shape index (κ3) is 2.73. The molecule has 2 N–H and O–H groups in total. The van der Waals surface area contributed by atoms with E-state index in [-0.39, 0.29) is 11.3 Å². The van der Waals surface area contributed by atoms with E-state index in [1.54, 1.807) is 0 Å². The number of aryl methyl sites for hydroxylation is 1. The second-order valence-corrected chi connectivity index (χ2v) is 5.88. The quantitative estimate of drug-likeness (QED) is 0.916. The average Bonchev–Trinajstić information content (AvgIpc) is 2.50. The number of amides is 1. The summed E-state index contributed by atoms with van der Waals surface area (Å²) in [7, 11) is 0. The maximum Gasteiger partial charge on any atom is 0.234 e. The van der Waals surface area contributed by atoms with Crippen LogP contribution in [0.2, 0.25) is 0 Å². The van der Waals surface area contributed by atoms with Gasteiger partial charge in [0, 0.05) is 18.8 Å². The SMILES string of the molecule is CCN(C(=O)C1(CN)CCCCC1)c1ccccc1C. The molecule has 0 spiro atoms. The first-order valence-electron chi connectivity index (χ1n) is 7.72. The number of hydrogen-bond donors (Lipinski definition) is 1. The molecule has 20 heavy (non-hydrogen) atoms. The Morgan fingerprint density at radius 1 is 1.25 bits per heavy atom. The van der Waals surface area contributed by atoms with Gasteiger partial charge < -0.3 is 10.6 Å². The Bertz CT molecular complexity index is 464. The summed E-state index contributed by atoms with van der Waals surface area (Å²) in [6.45, 7) is 5.26. The van der Waals surface area contributed by atoms with Crippen LogP contribution in [-0.2, 0) is 4.79 Å². The molecular weight excluding hydrogens is 248 g/mol. The maximum atomic E-state index is 13.1. The predicted octanol–water partition coefficient (Wildman–Crippen LogP) is 3.26. The van der Waals surface area contributed by atoms with Gasteiger partial charge in [-0.2, -0.15) is 0 Å². The molecule has 1 fully saturated rings. The average molecular weight is 274 g/mol. The van der Waals surface area contributed by atoms with Gasteiger partial charge in [0.15, 0.2) is 0 Å². The van der Waals surface area contributed by atoms with Crippen LogP contribution in [0, 0.1) is 12.3 Å². The third-order valence-corrected chi connectivity index (χ3v) is 4.62. The predicted molar refractivity (Wildman–Crippen MR) is 83.8 cm³/mol. The van der Waals surface area contributed by atoms with Gasteiger partial charge in [0.25, 0.3) is 0 Å². The lowest BCUT2D eigenvalue weighted by Crippen LogP contribution is -2.49. The fraction of sp³-hybridized carbons (Fsp3) is 0.588. The first kappa shape index (κ1) is 15.0. The Hall–Kier alpha value is -1.35. The summed E-state index contributed by atoms with van der Waals surface area (Å²) in [6, 6.07) is 8.09. The molecule has 1 aliphatic carbocycles. The Labute approximate surface area is 122 Å². The number of nitrogens with two attached hydrogens (primary N) is 1. The molecule has 110 valence electrons. The zero-order valence-electron chi connectivity index (χ0n) is 12.7. The van der Waals surface area contributed by atoms with Crippen LogP contribution in [0.25, 0.3) is 0 Å². The minimum absolute atomic E-state index is 0.219. The van der Waals surface area contributed by atoms with E-state index in [0.29, 0.717) is 13.1 Å². The lowest BCUT2D eigenvalue weighted by molar-refractivity contribution is -0.129. The van der Waals surface area contributed by atoms with Crippen molar-refractivity contribution in [1.82, 2.24) is 0 Å². The van der Waals surface area contributed by atoms with E-state index in [2.05, 4.69) is 13.0 Å². The van der Waals surface area contributed by atoms with Crippen molar-refractivity contribution in [2.75, 3.05) is 18.0 Å². The number of benzene rings is 1. The monoisotopic (exact) mass is 274 g/mol. The number of anilines is 1. The van der Waals surface area contributed by atoms with Crippen molar-refractivity contribution in [1.29, 1.82) is 0 Å². The van der Waals surface area contributed by atoms with Crippen LogP contribution in [0.5, 0.6) is 0 Å². The number of nitrogens with zero attached hydrogens (tertiary/aromatic N) is 1. The molecule has 2 rings (SSSR count). The zero-order valence-corrected chi connectivity index (χ0v) is 12.7. The zero-order chi connectivity index (χ0) is 14.6. The number of hydrogen-bond acceptors (Lipinski definition) is 2. The summed E-state index contributed by atoms with van der Waals surface area (Å²) in [5, 5.41) is 0. The molecule has 0 aromatic heterocycles. The molecule has 0 radical (unpaired) electrons. The Morgan fingerprint density at radius 3 is 2.45 bits per heavy atom. The van der Waals surface area contributed by atoms with Gasteiger partial charge in [-0.05, 0) is 38.3 Å². The van der Waals surface area contributed by atoms with Gasteiger partial charge in [0.2, 0.25) is 5.91 Å². The summed E-state index contributed by atoms with van der Waals surface area (Å²) < 4.78 is 0. The van der Waals surface area contributed by atoms with Gasteiger partial charge in [-0.25, -0.2) is 0 Å². The van der Waals surface area contributed by atoms with E-state index in [0.717, 1.165) is 36.9 Å². The Kier molecular flexibility index (Phi) is 4.81. The molecule has 1 aromatic rings. The van der Waals surface area contributed by atoms with E-state index in [1.807, 2.05) is 30.0 Å². The third-order valence-electron chi connectivity index (χ3n) is 4.62. The number of rotatable bonds is 4. The molecule has 3 heteroatoms. The first-order valence-corrected chi connectivity index (χ1v) is 7.72. The first-order chi connectivity index (χ1) is 9.64. The largest absolute Gasteiger partial charge is 0.329 e. The molecule has 0 saturated heterocycles. The van der Waals surface area contributed by atoms with Crippen LogP contribution in [0.4, 0.5) is 5.69 Å². The van der Waals surface area contributed by atoms with Crippen LogP contribution in [0.3, 0.4) is 0 Å². The van der Waals surface area contributed by atoms with Crippen molar-refractivity contribution in [3.63, 3.8) is 0 Å². The molecule has 1 aromatic carbocycles. The number of carbonyl (C=O) groups excluding carboxylic acids is 1. The highest BCUT2D eigenvalue weighted by molar-refractivity contribution is 5.98. The van der Waals surface area contributed by atoms with Crippen LogP contribution < -0.4 is 10.6 Å². The van der Waals surface area contributed by atoms with E-state index in [1.165, 1.54) is 6.42 Å². The molecule has 1 saturated carbocycles. The molecular formula is C17H26N2O. The van der Waals surface area contributed by atoms with Gasteiger partial charge in [-0.15, -0.1) is 0 Å². The Balaban J connectivity index is 2.31. The van der Waals surface area contributed by atoms with E-state index >= 15 is 0 Å². The minimum atomic E-state index is -0.337. The highest BCUT2D eigenvalue weighted by atomic mass is 16.2. The summed E-state index contributed by atoms with van der Waals surface area (Å²) in [5.41, 5.74) is 7.83. The molecule has 0 aliphatic heterocycles. The van der Waals surface area contributed by atoms with Crippen molar-refractivity contribution in [2.24, 2.45) is 11.1 Å². The molecule has 1 aliphatic rings. The van der Waals surface area contributed by atoms with Gasteiger partial charge in [-0.3, -0.25) is 4.79 Å².